The van der Waals surface area contributed by atoms with Gasteiger partial charge in [0, 0.05) is 17.6 Å². The van der Waals surface area contributed by atoms with E-state index in [1.165, 1.54) is 15.6 Å². The Morgan fingerprint density at radius 2 is 2.36 bits per heavy atom. The zero-order valence-corrected chi connectivity index (χ0v) is 9.27. The quantitative estimate of drug-likeness (QED) is 0.834. The van der Waals surface area contributed by atoms with Gasteiger partial charge in [-0.25, -0.2) is 0 Å². The van der Waals surface area contributed by atoms with Crippen molar-refractivity contribution in [1.29, 1.82) is 0 Å². The van der Waals surface area contributed by atoms with Gasteiger partial charge in [0.2, 0.25) is 0 Å². The summed E-state index contributed by atoms with van der Waals surface area (Å²) in [4.78, 5) is 0. The number of nitrogens with one attached hydrogen (secondary N) is 1. The van der Waals surface area contributed by atoms with Crippen molar-refractivity contribution in [2.75, 3.05) is 7.05 Å². The Bertz CT molecular complexity index is 422. The Labute approximate surface area is 88.1 Å². The average molecular weight is 206 g/mol. The van der Waals surface area contributed by atoms with E-state index in [1.807, 2.05) is 13.2 Å². The van der Waals surface area contributed by atoms with Crippen LogP contribution in [0.5, 0.6) is 0 Å². The fourth-order valence-corrected chi connectivity index (χ4v) is 2.31. The topological polar surface area (TPSA) is 24.9 Å². The third-order valence-electron chi connectivity index (χ3n) is 2.48. The highest BCUT2D eigenvalue weighted by Gasteiger charge is 2.06. The van der Waals surface area contributed by atoms with Crippen LogP contribution in [0.25, 0.3) is 10.1 Å². The molecule has 0 radical (unpaired) electrons. The lowest BCUT2D eigenvalue weighted by atomic mass is 10.1. The molecule has 0 saturated carbocycles. The molecule has 1 N–H and O–H groups in total. The Kier molecular flexibility index (Phi) is 2.79. The first kappa shape index (κ1) is 9.62. The lowest BCUT2D eigenvalue weighted by molar-refractivity contribution is 0.611. The number of hydrogen-bond donors (Lipinski definition) is 1. The van der Waals surface area contributed by atoms with Gasteiger partial charge in [-0.05, 0) is 37.5 Å². The largest absolute Gasteiger partial charge is 0.317 e. The molecule has 2 nitrogen and oxygen atoms in total. The van der Waals surface area contributed by atoms with Crippen molar-refractivity contribution in [1.82, 2.24) is 9.69 Å². The summed E-state index contributed by atoms with van der Waals surface area (Å²) in [5, 5.41) is 4.51. The van der Waals surface area contributed by atoms with Gasteiger partial charge < -0.3 is 5.32 Å². The van der Waals surface area contributed by atoms with E-state index in [4.69, 9.17) is 0 Å². The molecule has 2 aromatic rings. The molecular formula is C11H14N2S. The van der Waals surface area contributed by atoms with Gasteiger partial charge in [-0.3, -0.25) is 0 Å². The van der Waals surface area contributed by atoms with Crippen molar-refractivity contribution < 1.29 is 0 Å². The highest BCUT2D eigenvalue weighted by molar-refractivity contribution is 7.13. The molecule has 0 spiro atoms. The van der Waals surface area contributed by atoms with E-state index in [0.29, 0.717) is 6.04 Å². The van der Waals surface area contributed by atoms with E-state index in [0.717, 1.165) is 6.42 Å². The van der Waals surface area contributed by atoms with Crippen molar-refractivity contribution in [3.05, 3.63) is 30.0 Å². The van der Waals surface area contributed by atoms with Gasteiger partial charge in [0.05, 0.1) is 4.70 Å². The third-order valence-corrected chi connectivity index (χ3v) is 3.37. The monoisotopic (exact) mass is 206 g/mol. The molecule has 0 fully saturated rings. The van der Waals surface area contributed by atoms with E-state index < -0.39 is 0 Å². The summed E-state index contributed by atoms with van der Waals surface area (Å²) in [6.07, 6.45) is 3.00. The molecule has 0 aliphatic heterocycles. The minimum atomic E-state index is 0.516. The van der Waals surface area contributed by atoms with Crippen molar-refractivity contribution in [2.45, 2.75) is 19.4 Å². The second-order valence-corrected chi connectivity index (χ2v) is 4.36. The van der Waals surface area contributed by atoms with Gasteiger partial charge in [-0.2, -0.15) is 4.37 Å². The first-order valence-corrected chi connectivity index (χ1v) is 5.58. The molecule has 0 bridgehead atoms. The fourth-order valence-electron chi connectivity index (χ4n) is 1.55. The van der Waals surface area contributed by atoms with Crippen LogP contribution in [0.4, 0.5) is 0 Å². The molecule has 1 atom stereocenters. The molecular weight excluding hydrogens is 192 g/mol. The summed E-state index contributed by atoms with van der Waals surface area (Å²) in [6.45, 7) is 2.19. The Morgan fingerprint density at radius 1 is 1.50 bits per heavy atom. The SMILES string of the molecule is CNC(C)Cc1cccc2cnsc12. The van der Waals surface area contributed by atoms with Crippen LogP contribution < -0.4 is 5.32 Å². The molecule has 0 aliphatic carbocycles. The maximum atomic E-state index is 4.22. The summed E-state index contributed by atoms with van der Waals surface area (Å²) in [5.41, 5.74) is 1.40. The molecule has 0 amide bonds. The van der Waals surface area contributed by atoms with Crippen LogP contribution in [0, 0.1) is 0 Å². The number of benzene rings is 1. The number of rotatable bonds is 3. The van der Waals surface area contributed by atoms with Crippen LogP contribution in [-0.2, 0) is 6.42 Å². The zero-order chi connectivity index (χ0) is 9.97. The molecule has 1 aromatic carbocycles. The maximum Gasteiger partial charge on any atom is 0.0582 e. The average Bonchev–Trinajstić information content (AvgIpc) is 2.66. The Hall–Kier alpha value is -0.930. The van der Waals surface area contributed by atoms with Gasteiger partial charge in [0.25, 0.3) is 0 Å². The molecule has 1 unspecified atom stereocenters. The number of nitrogens with zero attached hydrogens (tertiary/aromatic N) is 1. The highest BCUT2D eigenvalue weighted by atomic mass is 32.1. The second kappa shape index (κ2) is 4.07. The number of aromatic nitrogens is 1. The van der Waals surface area contributed by atoms with Gasteiger partial charge in [0.15, 0.2) is 0 Å². The van der Waals surface area contributed by atoms with Crippen molar-refractivity contribution >= 4 is 21.6 Å². The van der Waals surface area contributed by atoms with E-state index >= 15 is 0 Å². The van der Waals surface area contributed by atoms with E-state index in [9.17, 15) is 0 Å². The zero-order valence-electron chi connectivity index (χ0n) is 8.45. The first-order chi connectivity index (χ1) is 6.81. The normalized spacial score (nSPS) is 13.3. The predicted octanol–water partition coefficient (Wildman–Crippen LogP) is 2.45. The summed E-state index contributed by atoms with van der Waals surface area (Å²) >= 11 is 1.59. The van der Waals surface area contributed by atoms with Crippen LogP contribution in [-0.4, -0.2) is 17.5 Å². The molecule has 74 valence electrons. The van der Waals surface area contributed by atoms with E-state index in [1.54, 1.807) is 11.5 Å². The second-order valence-electron chi connectivity index (χ2n) is 3.56. The maximum absolute atomic E-state index is 4.22. The summed E-state index contributed by atoms with van der Waals surface area (Å²) in [7, 11) is 2.00. The molecule has 3 heteroatoms. The van der Waals surface area contributed by atoms with Crippen molar-refractivity contribution in [3.63, 3.8) is 0 Å². The molecule has 0 aliphatic rings. The van der Waals surface area contributed by atoms with Crippen LogP contribution in [0.15, 0.2) is 24.4 Å². The van der Waals surface area contributed by atoms with Gasteiger partial charge >= 0.3 is 0 Å². The molecule has 0 saturated heterocycles. The molecule has 14 heavy (non-hydrogen) atoms. The Balaban J connectivity index is 2.36. The lowest BCUT2D eigenvalue weighted by Crippen LogP contribution is -2.23. The van der Waals surface area contributed by atoms with Gasteiger partial charge in [0.1, 0.15) is 0 Å². The van der Waals surface area contributed by atoms with E-state index in [-0.39, 0.29) is 0 Å². The third kappa shape index (κ3) is 1.79. The summed E-state index contributed by atoms with van der Waals surface area (Å²) in [6, 6.07) is 6.93. The minimum absolute atomic E-state index is 0.516. The molecule has 2 rings (SSSR count). The fraction of sp³-hybridized carbons (Fsp3) is 0.364. The predicted molar refractivity (Wildman–Crippen MR) is 61.8 cm³/mol. The lowest BCUT2D eigenvalue weighted by Gasteiger charge is -2.10. The molecule has 1 aromatic heterocycles. The highest BCUT2D eigenvalue weighted by Crippen LogP contribution is 2.23. The Morgan fingerprint density at radius 3 is 3.14 bits per heavy atom. The number of likely N-dealkylation sites (N-methyl/N-ethyl adjacent to an activating group) is 1. The van der Waals surface area contributed by atoms with Gasteiger partial charge in [-0.1, -0.05) is 18.2 Å². The minimum Gasteiger partial charge on any atom is -0.317 e. The number of hydrogen-bond acceptors (Lipinski definition) is 3. The van der Waals surface area contributed by atoms with Crippen LogP contribution in [0.1, 0.15) is 12.5 Å². The summed E-state index contributed by atoms with van der Waals surface area (Å²) in [5.74, 6) is 0. The van der Waals surface area contributed by atoms with E-state index in [2.05, 4.69) is 34.8 Å². The van der Waals surface area contributed by atoms with Crippen LogP contribution in [0.2, 0.25) is 0 Å². The number of fused-ring (bicyclic) bond motifs is 1. The van der Waals surface area contributed by atoms with Gasteiger partial charge in [-0.15, -0.1) is 0 Å². The van der Waals surface area contributed by atoms with Crippen LogP contribution >= 0.6 is 11.5 Å². The smallest absolute Gasteiger partial charge is 0.0582 e. The standard InChI is InChI=1S/C11H14N2S/c1-8(12-2)6-9-4-3-5-10-7-13-14-11(9)10/h3-5,7-8,12H,6H2,1-2H3. The summed E-state index contributed by atoms with van der Waals surface area (Å²) < 4.78 is 5.54. The first-order valence-electron chi connectivity index (χ1n) is 4.81. The van der Waals surface area contributed by atoms with Crippen molar-refractivity contribution in [3.8, 4) is 0 Å². The van der Waals surface area contributed by atoms with Crippen molar-refractivity contribution in [2.24, 2.45) is 0 Å². The van der Waals surface area contributed by atoms with Crippen LogP contribution in [0.3, 0.4) is 0 Å². The molecule has 1 heterocycles.